The fraction of sp³-hybridized carbons (Fsp3) is 0.826. The molecule has 4 atom stereocenters. The molecule has 4 unspecified atom stereocenters. The van der Waals surface area contributed by atoms with Gasteiger partial charge in [-0.05, 0) is 75.5 Å². The van der Waals surface area contributed by atoms with Gasteiger partial charge in [-0.2, -0.15) is 0 Å². The molecule has 0 aliphatic heterocycles. The third-order valence-corrected chi connectivity index (χ3v) is 6.62. The van der Waals surface area contributed by atoms with E-state index in [1.165, 1.54) is 49.7 Å². The molecule has 24 heavy (non-hydrogen) atoms. The van der Waals surface area contributed by atoms with E-state index in [1.807, 2.05) is 0 Å². The average Bonchev–Trinajstić information content (AvgIpc) is 2.63. The predicted octanol–water partition coefficient (Wildman–Crippen LogP) is 7.65. The molecule has 2 aliphatic rings. The molecule has 0 saturated heterocycles. The SMILES string of the molecule is CCCC1(CCC)CC(C)=CC(C)=CC1C1CC(F)CC(CC)C1. The Kier molecular flexibility index (Phi) is 7.13. The molecule has 2 aliphatic carbocycles. The van der Waals surface area contributed by atoms with Crippen LogP contribution in [0.5, 0.6) is 0 Å². The Labute approximate surface area is 150 Å². The van der Waals surface area contributed by atoms with Crippen molar-refractivity contribution < 1.29 is 4.39 Å². The van der Waals surface area contributed by atoms with Crippen LogP contribution in [-0.2, 0) is 0 Å². The van der Waals surface area contributed by atoms with E-state index in [9.17, 15) is 4.39 Å². The number of hydrogen-bond donors (Lipinski definition) is 0. The molecule has 1 saturated carbocycles. The Morgan fingerprint density at radius 2 is 1.71 bits per heavy atom. The Hall–Kier alpha value is -0.590. The maximum atomic E-state index is 14.5. The number of hydrogen-bond acceptors (Lipinski definition) is 0. The van der Waals surface area contributed by atoms with Gasteiger partial charge in [0.15, 0.2) is 0 Å². The van der Waals surface area contributed by atoms with Crippen molar-refractivity contribution in [3.8, 4) is 0 Å². The Bertz CT molecular complexity index is 453. The van der Waals surface area contributed by atoms with Crippen LogP contribution in [0.4, 0.5) is 4.39 Å². The van der Waals surface area contributed by atoms with Crippen molar-refractivity contribution in [2.45, 2.75) is 98.6 Å². The average molecular weight is 335 g/mol. The minimum absolute atomic E-state index is 0.349. The second kappa shape index (κ2) is 8.68. The molecule has 0 amide bonds. The third kappa shape index (κ3) is 4.52. The highest BCUT2D eigenvalue weighted by Crippen LogP contribution is 2.53. The molecule has 2 rings (SSSR count). The molecule has 0 heterocycles. The molecular weight excluding hydrogens is 295 g/mol. The minimum atomic E-state index is -0.583. The summed E-state index contributed by atoms with van der Waals surface area (Å²) in [6.07, 6.45) is 14.5. The first kappa shape index (κ1) is 19.7. The van der Waals surface area contributed by atoms with Crippen LogP contribution in [-0.4, -0.2) is 6.17 Å². The quantitative estimate of drug-likeness (QED) is 0.468. The van der Waals surface area contributed by atoms with Gasteiger partial charge in [0.25, 0.3) is 0 Å². The van der Waals surface area contributed by atoms with E-state index in [4.69, 9.17) is 0 Å². The summed E-state index contributed by atoms with van der Waals surface area (Å²) in [6.45, 7) is 11.4. The Morgan fingerprint density at radius 1 is 1.04 bits per heavy atom. The van der Waals surface area contributed by atoms with Gasteiger partial charge in [0.2, 0.25) is 0 Å². The molecule has 0 spiro atoms. The standard InChI is InChI=1S/C23H39F/c1-6-9-23(10-7-2)16-18(5)11-17(4)12-22(23)20-13-19(8-3)14-21(24)15-20/h11-12,19-22H,6-10,13-16H2,1-5H3. The van der Waals surface area contributed by atoms with Crippen LogP contribution < -0.4 is 0 Å². The van der Waals surface area contributed by atoms with Crippen molar-refractivity contribution >= 4 is 0 Å². The number of rotatable bonds is 6. The molecule has 1 heteroatoms. The maximum Gasteiger partial charge on any atom is 0.101 e. The summed E-state index contributed by atoms with van der Waals surface area (Å²) in [7, 11) is 0. The fourth-order valence-electron chi connectivity index (χ4n) is 5.92. The van der Waals surface area contributed by atoms with Crippen LogP contribution >= 0.6 is 0 Å². The van der Waals surface area contributed by atoms with Gasteiger partial charge in [0.1, 0.15) is 6.17 Å². The second-order valence-corrected chi connectivity index (χ2v) is 8.81. The topological polar surface area (TPSA) is 0 Å². The van der Waals surface area contributed by atoms with E-state index < -0.39 is 6.17 Å². The summed E-state index contributed by atoms with van der Waals surface area (Å²) < 4.78 is 14.5. The zero-order valence-electron chi connectivity index (χ0n) is 16.7. The molecule has 0 bridgehead atoms. The van der Waals surface area contributed by atoms with E-state index in [0.29, 0.717) is 23.2 Å². The van der Waals surface area contributed by atoms with Gasteiger partial charge in [-0.15, -0.1) is 0 Å². The summed E-state index contributed by atoms with van der Waals surface area (Å²) in [4.78, 5) is 0. The van der Waals surface area contributed by atoms with Crippen LogP contribution in [0.2, 0.25) is 0 Å². The number of alkyl halides is 1. The first-order chi connectivity index (χ1) is 11.4. The molecule has 0 N–H and O–H groups in total. The van der Waals surface area contributed by atoms with Gasteiger partial charge in [-0.3, -0.25) is 0 Å². The molecule has 138 valence electrons. The lowest BCUT2D eigenvalue weighted by Gasteiger charge is -2.46. The van der Waals surface area contributed by atoms with E-state index in [-0.39, 0.29) is 0 Å². The van der Waals surface area contributed by atoms with Gasteiger partial charge in [0.05, 0.1) is 0 Å². The minimum Gasteiger partial charge on any atom is -0.247 e. The van der Waals surface area contributed by atoms with E-state index in [1.54, 1.807) is 0 Å². The second-order valence-electron chi connectivity index (χ2n) is 8.81. The van der Waals surface area contributed by atoms with Gasteiger partial charge < -0.3 is 0 Å². The van der Waals surface area contributed by atoms with Crippen LogP contribution in [0.1, 0.15) is 92.4 Å². The zero-order valence-corrected chi connectivity index (χ0v) is 16.7. The van der Waals surface area contributed by atoms with Crippen LogP contribution in [0.25, 0.3) is 0 Å². The molecular formula is C23H39F. The van der Waals surface area contributed by atoms with E-state index >= 15 is 0 Å². The van der Waals surface area contributed by atoms with E-state index in [2.05, 4.69) is 46.8 Å². The first-order valence-corrected chi connectivity index (χ1v) is 10.4. The monoisotopic (exact) mass is 334 g/mol. The first-order valence-electron chi connectivity index (χ1n) is 10.4. The summed E-state index contributed by atoms with van der Waals surface area (Å²) in [5.41, 5.74) is 3.27. The van der Waals surface area contributed by atoms with Crippen LogP contribution in [0.3, 0.4) is 0 Å². The highest BCUT2D eigenvalue weighted by atomic mass is 19.1. The summed E-state index contributed by atoms with van der Waals surface area (Å²) in [5.74, 6) is 1.68. The van der Waals surface area contributed by atoms with Crippen molar-refractivity contribution in [2.75, 3.05) is 0 Å². The molecule has 1 fully saturated rings. The number of halogens is 1. The highest BCUT2D eigenvalue weighted by Gasteiger charge is 2.43. The molecule has 0 nitrogen and oxygen atoms in total. The lowest BCUT2D eigenvalue weighted by atomic mass is 9.58. The largest absolute Gasteiger partial charge is 0.247 e. The van der Waals surface area contributed by atoms with Gasteiger partial charge >= 0.3 is 0 Å². The van der Waals surface area contributed by atoms with Crippen LogP contribution in [0, 0.1) is 23.2 Å². The molecule has 0 aromatic carbocycles. The summed E-state index contributed by atoms with van der Waals surface area (Å²) >= 11 is 0. The molecule has 0 aromatic heterocycles. The van der Waals surface area contributed by atoms with Crippen molar-refractivity contribution in [2.24, 2.45) is 23.2 Å². The number of allylic oxidation sites excluding steroid dienone is 4. The molecule has 0 radical (unpaired) electrons. The van der Waals surface area contributed by atoms with E-state index in [0.717, 1.165) is 19.3 Å². The fourth-order valence-corrected chi connectivity index (χ4v) is 5.92. The zero-order chi connectivity index (χ0) is 17.7. The lowest BCUT2D eigenvalue weighted by molar-refractivity contribution is 0.0464. The molecule has 0 aromatic rings. The van der Waals surface area contributed by atoms with Gasteiger partial charge in [-0.1, -0.05) is 63.3 Å². The van der Waals surface area contributed by atoms with Crippen molar-refractivity contribution in [1.82, 2.24) is 0 Å². The van der Waals surface area contributed by atoms with Gasteiger partial charge in [-0.25, -0.2) is 4.39 Å². The third-order valence-electron chi connectivity index (χ3n) is 6.62. The summed E-state index contributed by atoms with van der Waals surface area (Å²) in [6, 6.07) is 0. The summed E-state index contributed by atoms with van der Waals surface area (Å²) in [5, 5.41) is 0. The maximum absolute atomic E-state index is 14.5. The highest BCUT2D eigenvalue weighted by molar-refractivity contribution is 5.27. The Balaban J connectivity index is 2.38. The predicted molar refractivity (Wildman–Crippen MR) is 104 cm³/mol. The van der Waals surface area contributed by atoms with Crippen LogP contribution in [0.15, 0.2) is 23.3 Å². The van der Waals surface area contributed by atoms with Crippen molar-refractivity contribution in [3.63, 3.8) is 0 Å². The van der Waals surface area contributed by atoms with Crippen molar-refractivity contribution in [3.05, 3.63) is 23.3 Å². The normalized spacial score (nSPS) is 33.6. The van der Waals surface area contributed by atoms with Crippen molar-refractivity contribution in [1.29, 1.82) is 0 Å². The smallest absolute Gasteiger partial charge is 0.101 e. The Morgan fingerprint density at radius 3 is 2.29 bits per heavy atom. The lowest BCUT2D eigenvalue weighted by Crippen LogP contribution is -2.38. The van der Waals surface area contributed by atoms with Gasteiger partial charge in [0, 0.05) is 0 Å².